The van der Waals surface area contributed by atoms with Crippen LogP contribution < -0.4 is 10.5 Å². The van der Waals surface area contributed by atoms with E-state index in [2.05, 4.69) is 11.7 Å². The van der Waals surface area contributed by atoms with Gasteiger partial charge in [0, 0.05) is 0 Å². The number of aliphatic hydroxyl groups is 1. The minimum absolute atomic E-state index is 0.254. The molecule has 0 radical (unpaired) electrons. The quantitative estimate of drug-likeness (QED) is 0.626. The van der Waals surface area contributed by atoms with Gasteiger partial charge in [-0.1, -0.05) is 36.4 Å². The van der Waals surface area contributed by atoms with E-state index in [0.717, 1.165) is 5.56 Å². The third-order valence-electron chi connectivity index (χ3n) is 2.96. The van der Waals surface area contributed by atoms with Gasteiger partial charge in [-0.05, 0) is 30.0 Å². The number of aliphatic imine (C=N–C) groups is 1. The molecule has 0 unspecified atom stereocenters. The average Bonchev–Trinajstić information content (AvgIpc) is 2.47. The maximum Gasteiger partial charge on any atom is 0.142 e. The fourth-order valence-electron chi connectivity index (χ4n) is 1.87. The predicted octanol–water partition coefficient (Wildman–Crippen LogP) is 2.58. The van der Waals surface area contributed by atoms with Crippen molar-refractivity contribution in [2.45, 2.75) is 12.7 Å². The van der Waals surface area contributed by atoms with Gasteiger partial charge in [0.15, 0.2) is 0 Å². The largest absolute Gasteiger partial charge is 0.487 e. The lowest BCUT2D eigenvalue weighted by Crippen LogP contribution is -2.04. The second kappa shape index (κ2) is 6.73. The molecule has 1 atom stereocenters. The maximum absolute atomic E-state index is 9.81. The molecule has 0 amide bonds. The molecule has 2 aromatic rings. The third kappa shape index (κ3) is 3.59. The summed E-state index contributed by atoms with van der Waals surface area (Å²) in [5, 5.41) is 9.81. The molecule has 3 N–H and O–H groups in total. The van der Waals surface area contributed by atoms with Gasteiger partial charge in [0.25, 0.3) is 0 Å². The average molecular weight is 270 g/mol. The Hall–Kier alpha value is -2.33. The molecule has 0 bridgehead atoms. The van der Waals surface area contributed by atoms with Gasteiger partial charge < -0.3 is 15.6 Å². The SMILES string of the molecule is C=NC[C@H](O)c1ccc(OCc2ccccc2)c(N)c1. The van der Waals surface area contributed by atoms with Gasteiger partial charge in [0.2, 0.25) is 0 Å². The molecule has 0 aromatic heterocycles. The predicted molar refractivity (Wildman–Crippen MR) is 81.0 cm³/mol. The number of nitrogens with zero attached hydrogens (tertiary/aromatic N) is 1. The Kier molecular flexibility index (Phi) is 4.74. The normalized spacial score (nSPS) is 11.8. The molecule has 2 rings (SSSR count). The van der Waals surface area contributed by atoms with Crippen molar-refractivity contribution in [3.05, 3.63) is 59.7 Å². The van der Waals surface area contributed by atoms with Gasteiger partial charge >= 0.3 is 0 Å². The molecule has 0 fully saturated rings. The first kappa shape index (κ1) is 14.1. The second-order valence-corrected chi connectivity index (χ2v) is 4.49. The number of nitrogens with two attached hydrogens (primary N) is 1. The highest BCUT2D eigenvalue weighted by Crippen LogP contribution is 2.26. The van der Waals surface area contributed by atoms with Crippen molar-refractivity contribution >= 4 is 12.4 Å². The molecule has 0 aliphatic rings. The van der Waals surface area contributed by atoms with Crippen molar-refractivity contribution in [2.75, 3.05) is 12.3 Å². The van der Waals surface area contributed by atoms with Crippen molar-refractivity contribution in [3.8, 4) is 5.75 Å². The first-order chi connectivity index (χ1) is 9.70. The second-order valence-electron chi connectivity index (χ2n) is 4.49. The Morgan fingerprint density at radius 1 is 1.20 bits per heavy atom. The van der Waals surface area contributed by atoms with Crippen LogP contribution in [0.1, 0.15) is 17.2 Å². The first-order valence-electron chi connectivity index (χ1n) is 6.37. The maximum atomic E-state index is 9.81. The number of hydrogen-bond donors (Lipinski definition) is 2. The highest BCUT2D eigenvalue weighted by atomic mass is 16.5. The van der Waals surface area contributed by atoms with E-state index >= 15 is 0 Å². The van der Waals surface area contributed by atoms with Crippen LogP contribution >= 0.6 is 0 Å². The molecule has 0 aliphatic heterocycles. The summed E-state index contributed by atoms with van der Waals surface area (Å²) >= 11 is 0. The summed E-state index contributed by atoms with van der Waals surface area (Å²) in [5.41, 5.74) is 8.22. The Morgan fingerprint density at radius 3 is 2.60 bits per heavy atom. The topological polar surface area (TPSA) is 67.8 Å². The summed E-state index contributed by atoms with van der Waals surface area (Å²) in [6.07, 6.45) is -0.682. The zero-order valence-corrected chi connectivity index (χ0v) is 11.2. The van der Waals surface area contributed by atoms with Gasteiger partial charge in [-0.3, -0.25) is 4.99 Å². The highest BCUT2D eigenvalue weighted by Gasteiger charge is 2.09. The molecule has 0 saturated carbocycles. The van der Waals surface area contributed by atoms with Crippen molar-refractivity contribution in [2.24, 2.45) is 4.99 Å². The van der Waals surface area contributed by atoms with Gasteiger partial charge in [0.05, 0.1) is 18.3 Å². The molecular weight excluding hydrogens is 252 g/mol. The van der Waals surface area contributed by atoms with E-state index in [9.17, 15) is 5.11 Å². The molecule has 2 aromatic carbocycles. The van der Waals surface area contributed by atoms with E-state index in [1.165, 1.54) is 0 Å². The molecule has 0 aliphatic carbocycles. The fourth-order valence-corrected chi connectivity index (χ4v) is 1.87. The van der Waals surface area contributed by atoms with Crippen molar-refractivity contribution in [3.63, 3.8) is 0 Å². The van der Waals surface area contributed by atoms with E-state index in [1.54, 1.807) is 18.2 Å². The number of nitrogen functional groups attached to an aromatic ring is 1. The summed E-state index contributed by atoms with van der Waals surface area (Å²) in [4.78, 5) is 3.67. The summed E-state index contributed by atoms with van der Waals surface area (Å²) in [5.74, 6) is 0.608. The van der Waals surface area contributed by atoms with E-state index in [0.29, 0.717) is 23.6 Å². The molecule has 0 saturated heterocycles. The molecule has 104 valence electrons. The van der Waals surface area contributed by atoms with Gasteiger partial charge in [-0.25, -0.2) is 0 Å². The van der Waals surface area contributed by atoms with Gasteiger partial charge in [0.1, 0.15) is 12.4 Å². The molecule has 20 heavy (non-hydrogen) atoms. The molecule has 0 heterocycles. The molecular formula is C16H18N2O2. The Labute approximate surface area is 118 Å². The van der Waals surface area contributed by atoms with Crippen LogP contribution in [-0.4, -0.2) is 18.4 Å². The Bertz CT molecular complexity index is 570. The smallest absolute Gasteiger partial charge is 0.142 e. The van der Waals surface area contributed by atoms with Crippen LogP contribution in [0.3, 0.4) is 0 Å². The van der Waals surface area contributed by atoms with Crippen LogP contribution in [0.5, 0.6) is 5.75 Å². The van der Waals surface area contributed by atoms with E-state index in [-0.39, 0.29) is 6.54 Å². The van der Waals surface area contributed by atoms with Crippen LogP contribution in [-0.2, 0) is 6.61 Å². The van der Waals surface area contributed by atoms with Crippen LogP contribution in [0.15, 0.2) is 53.5 Å². The van der Waals surface area contributed by atoms with Crippen molar-refractivity contribution in [1.29, 1.82) is 0 Å². The van der Waals surface area contributed by atoms with E-state index in [4.69, 9.17) is 10.5 Å². The standard InChI is InChI=1S/C16H18N2O2/c1-18-10-15(19)13-7-8-16(14(17)9-13)20-11-12-5-3-2-4-6-12/h2-9,15,19H,1,10-11,17H2/t15-/m0/s1. The summed E-state index contributed by atoms with van der Waals surface area (Å²) in [6.45, 7) is 4.08. The van der Waals surface area contributed by atoms with Crippen LogP contribution in [0.25, 0.3) is 0 Å². The van der Waals surface area contributed by atoms with Crippen molar-refractivity contribution < 1.29 is 9.84 Å². The number of rotatable bonds is 6. The third-order valence-corrected chi connectivity index (χ3v) is 2.96. The van der Waals surface area contributed by atoms with E-state index in [1.807, 2.05) is 30.3 Å². The zero-order chi connectivity index (χ0) is 14.4. The monoisotopic (exact) mass is 270 g/mol. The minimum Gasteiger partial charge on any atom is -0.487 e. The lowest BCUT2D eigenvalue weighted by molar-refractivity contribution is 0.187. The number of anilines is 1. The van der Waals surface area contributed by atoms with Gasteiger partial charge in [-0.2, -0.15) is 0 Å². The lowest BCUT2D eigenvalue weighted by atomic mass is 10.1. The number of aliphatic hydroxyl groups excluding tert-OH is 1. The lowest BCUT2D eigenvalue weighted by Gasteiger charge is -2.13. The first-order valence-corrected chi connectivity index (χ1v) is 6.37. The minimum atomic E-state index is -0.682. The Balaban J connectivity index is 2.04. The fraction of sp³-hybridized carbons (Fsp3) is 0.188. The van der Waals surface area contributed by atoms with E-state index < -0.39 is 6.10 Å². The Morgan fingerprint density at radius 2 is 1.95 bits per heavy atom. The zero-order valence-electron chi connectivity index (χ0n) is 11.2. The number of ether oxygens (including phenoxy) is 1. The number of hydrogen-bond acceptors (Lipinski definition) is 4. The van der Waals surface area contributed by atoms with Crippen molar-refractivity contribution in [1.82, 2.24) is 0 Å². The van der Waals surface area contributed by atoms with Crippen LogP contribution in [0.2, 0.25) is 0 Å². The van der Waals surface area contributed by atoms with Crippen LogP contribution in [0, 0.1) is 0 Å². The molecule has 4 nitrogen and oxygen atoms in total. The summed E-state index contributed by atoms with van der Waals surface area (Å²) in [7, 11) is 0. The molecule has 0 spiro atoms. The van der Waals surface area contributed by atoms with Crippen LogP contribution in [0.4, 0.5) is 5.69 Å². The molecule has 4 heteroatoms. The van der Waals surface area contributed by atoms with Gasteiger partial charge in [-0.15, -0.1) is 0 Å². The summed E-state index contributed by atoms with van der Waals surface area (Å²) in [6, 6.07) is 15.1. The highest BCUT2D eigenvalue weighted by molar-refractivity contribution is 5.54. The number of benzene rings is 2. The summed E-state index contributed by atoms with van der Waals surface area (Å²) < 4.78 is 5.68.